The summed E-state index contributed by atoms with van der Waals surface area (Å²) in [5, 5.41) is 4.83. The van der Waals surface area contributed by atoms with Gasteiger partial charge in [-0.05, 0) is 36.1 Å². The average Bonchev–Trinajstić information content (AvgIpc) is 2.61. The van der Waals surface area contributed by atoms with Crippen LogP contribution in [0.3, 0.4) is 0 Å². The number of fused-ring (bicyclic) bond motifs is 1. The maximum absolute atomic E-state index is 12.9. The molecule has 3 nitrogen and oxygen atoms in total. The molecule has 4 heteroatoms. The first-order valence-corrected chi connectivity index (χ1v) is 7.80. The van der Waals surface area contributed by atoms with Crippen molar-refractivity contribution in [1.29, 1.82) is 0 Å². The van der Waals surface area contributed by atoms with Crippen molar-refractivity contribution in [2.45, 2.75) is 19.6 Å². The number of hydrogen-bond acceptors (Lipinski definition) is 2. The highest BCUT2D eigenvalue weighted by atomic mass is 19.1. The second-order valence-corrected chi connectivity index (χ2v) is 5.58. The Hall–Kier alpha value is -2.88. The molecule has 1 N–H and O–H groups in total. The van der Waals surface area contributed by atoms with Gasteiger partial charge in [-0.15, -0.1) is 0 Å². The zero-order valence-corrected chi connectivity index (χ0v) is 13.3. The number of carbonyl (C=O) groups is 1. The SMILES string of the molecule is C[C@@H](Oc1cccc2ccccc12)C(=O)NCc1ccc(F)cc1. The van der Waals surface area contributed by atoms with Crippen molar-refractivity contribution in [2.24, 2.45) is 0 Å². The van der Waals surface area contributed by atoms with Crippen LogP contribution < -0.4 is 10.1 Å². The van der Waals surface area contributed by atoms with Gasteiger partial charge in [0.1, 0.15) is 11.6 Å². The number of rotatable bonds is 5. The van der Waals surface area contributed by atoms with Crippen molar-refractivity contribution >= 4 is 16.7 Å². The predicted octanol–water partition coefficient (Wildman–Crippen LogP) is 4.06. The molecule has 0 saturated carbocycles. The minimum absolute atomic E-state index is 0.216. The Balaban J connectivity index is 1.64. The first-order valence-electron chi connectivity index (χ1n) is 7.80. The van der Waals surface area contributed by atoms with Gasteiger partial charge in [0.2, 0.25) is 0 Å². The molecule has 3 aromatic rings. The molecule has 0 heterocycles. The number of nitrogens with one attached hydrogen (secondary N) is 1. The van der Waals surface area contributed by atoms with Crippen molar-refractivity contribution in [1.82, 2.24) is 5.32 Å². The van der Waals surface area contributed by atoms with Crippen LogP contribution in [0.4, 0.5) is 4.39 Å². The van der Waals surface area contributed by atoms with Gasteiger partial charge in [-0.1, -0.05) is 48.5 Å². The van der Waals surface area contributed by atoms with E-state index in [1.165, 1.54) is 12.1 Å². The predicted molar refractivity (Wildman–Crippen MR) is 92.3 cm³/mol. The highest BCUT2D eigenvalue weighted by Crippen LogP contribution is 2.26. The number of carbonyl (C=O) groups excluding carboxylic acids is 1. The van der Waals surface area contributed by atoms with E-state index in [0.29, 0.717) is 12.3 Å². The van der Waals surface area contributed by atoms with Crippen LogP contribution >= 0.6 is 0 Å². The fourth-order valence-corrected chi connectivity index (χ4v) is 2.48. The summed E-state index contributed by atoms with van der Waals surface area (Å²) in [5.74, 6) is 0.169. The fourth-order valence-electron chi connectivity index (χ4n) is 2.48. The van der Waals surface area contributed by atoms with Gasteiger partial charge in [-0.25, -0.2) is 4.39 Å². The maximum atomic E-state index is 12.9. The largest absolute Gasteiger partial charge is 0.480 e. The van der Waals surface area contributed by atoms with E-state index in [1.54, 1.807) is 19.1 Å². The van der Waals surface area contributed by atoms with E-state index in [2.05, 4.69) is 5.32 Å². The maximum Gasteiger partial charge on any atom is 0.261 e. The molecular formula is C20H18FNO2. The van der Waals surface area contributed by atoms with Gasteiger partial charge >= 0.3 is 0 Å². The van der Waals surface area contributed by atoms with E-state index in [1.807, 2.05) is 42.5 Å². The lowest BCUT2D eigenvalue weighted by atomic mass is 10.1. The molecule has 0 saturated heterocycles. The molecule has 3 aromatic carbocycles. The Morgan fingerprint density at radius 2 is 1.75 bits per heavy atom. The van der Waals surface area contributed by atoms with Gasteiger partial charge in [0.05, 0.1) is 0 Å². The van der Waals surface area contributed by atoms with Crippen LogP contribution in [-0.2, 0) is 11.3 Å². The molecule has 1 amide bonds. The molecule has 0 aliphatic rings. The first kappa shape index (κ1) is 16.0. The van der Waals surface area contributed by atoms with E-state index >= 15 is 0 Å². The molecule has 0 aliphatic heterocycles. The number of benzene rings is 3. The molecule has 0 radical (unpaired) electrons. The zero-order valence-electron chi connectivity index (χ0n) is 13.3. The molecular weight excluding hydrogens is 305 g/mol. The third kappa shape index (κ3) is 3.71. The summed E-state index contributed by atoms with van der Waals surface area (Å²) in [6.07, 6.45) is -0.628. The normalized spacial score (nSPS) is 11.9. The van der Waals surface area contributed by atoms with Gasteiger partial charge in [-0.2, -0.15) is 0 Å². The molecule has 0 bridgehead atoms. The van der Waals surface area contributed by atoms with Crippen LogP contribution in [0, 0.1) is 5.82 Å². The van der Waals surface area contributed by atoms with E-state index in [9.17, 15) is 9.18 Å². The Labute approximate surface area is 140 Å². The van der Waals surface area contributed by atoms with Gasteiger partial charge in [0.15, 0.2) is 6.10 Å². The monoisotopic (exact) mass is 323 g/mol. The molecule has 1 atom stereocenters. The van der Waals surface area contributed by atoms with Crippen LogP contribution in [0.1, 0.15) is 12.5 Å². The fraction of sp³-hybridized carbons (Fsp3) is 0.150. The summed E-state index contributed by atoms with van der Waals surface area (Å²) >= 11 is 0. The Bertz CT molecular complexity index is 840. The van der Waals surface area contributed by atoms with E-state index in [4.69, 9.17) is 4.74 Å². The quantitative estimate of drug-likeness (QED) is 0.769. The molecule has 122 valence electrons. The third-order valence-corrected chi connectivity index (χ3v) is 3.80. The van der Waals surface area contributed by atoms with Crippen LogP contribution in [0.2, 0.25) is 0 Å². The average molecular weight is 323 g/mol. The van der Waals surface area contributed by atoms with Gasteiger partial charge in [0, 0.05) is 11.9 Å². The van der Waals surface area contributed by atoms with Crippen LogP contribution in [0.15, 0.2) is 66.7 Å². The highest BCUT2D eigenvalue weighted by Gasteiger charge is 2.15. The van der Waals surface area contributed by atoms with Crippen molar-refractivity contribution in [2.75, 3.05) is 0 Å². The zero-order chi connectivity index (χ0) is 16.9. The van der Waals surface area contributed by atoms with Crippen molar-refractivity contribution < 1.29 is 13.9 Å². The van der Waals surface area contributed by atoms with Crippen molar-refractivity contribution in [3.63, 3.8) is 0 Å². The minimum Gasteiger partial charge on any atom is -0.480 e. The van der Waals surface area contributed by atoms with Crippen molar-refractivity contribution in [3.8, 4) is 5.75 Å². The Kier molecular flexibility index (Phi) is 4.75. The third-order valence-electron chi connectivity index (χ3n) is 3.80. The summed E-state index contributed by atoms with van der Waals surface area (Å²) in [6, 6.07) is 19.7. The van der Waals surface area contributed by atoms with Crippen LogP contribution in [0.5, 0.6) is 5.75 Å². The summed E-state index contributed by atoms with van der Waals surface area (Å²) in [5.41, 5.74) is 0.835. The second kappa shape index (κ2) is 7.13. The minimum atomic E-state index is -0.628. The van der Waals surface area contributed by atoms with Crippen molar-refractivity contribution in [3.05, 3.63) is 78.1 Å². The number of amides is 1. The molecule has 3 rings (SSSR count). The molecule has 24 heavy (non-hydrogen) atoms. The second-order valence-electron chi connectivity index (χ2n) is 5.58. The molecule has 0 aromatic heterocycles. The summed E-state index contributed by atoms with van der Waals surface area (Å²) in [7, 11) is 0. The standard InChI is InChI=1S/C20H18FNO2/c1-14(20(23)22-13-15-9-11-17(21)12-10-15)24-19-8-4-6-16-5-2-3-7-18(16)19/h2-12,14H,13H2,1H3,(H,22,23)/t14-/m1/s1. The first-order chi connectivity index (χ1) is 11.6. The molecule has 0 aliphatic carbocycles. The number of halogens is 1. The van der Waals surface area contributed by atoms with E-state index in [-0.39, 0.29) is 11.7 Å². The van der Waals surface area contributed by atoms with Crippen LogP contribution in [0.25, 0.3) is 10.8 Å². The summed E-state index contributed by atoms with van der Waals surface area (Å²) in [4.78, 5) is 12.2. The van der Waals surface area contributed by atoms with Crippen LogP contribution in [-0.4, -0.2) is 12.0 Å². The number of hydrogen-bond donors (Lipinski definition) is 1. The van der Waals surface area contributed by atoms with Gasteiger partial charge in [-0.3, -0.25) is 4.79 Å². The topological polar surface area (TPSA) is 38.3 Å². The summed E-state index contributed by atoms with van der Waals surface area (Å²) in [6.45, 7) is 2.05. The van der Waals surface area contributed by atoms with E-state index in [0.717, 1.165) is 16.3 Å². The Morgan fingerprint density at radius 3 is 2.54 bits per heavy atom. The van der Waals surface area contributed by atoms with E-state index < -0.39 is 6.10 Å². The summed E-state index contributed by atoms with van der Waals surface area (Å²) < 4.78 is 18.7. The molecule has 0 spiro atoms. The van der Waals surface area contributed by atoms with Gasteiger partial charge < -0.3 is 10.1 Å². The number of ether oxygens (including phenoxy) is 1. The smallest absolute Gasteiger partial charge is 0.261 e. The lowest BCUT2D eigenvalue weighted by molar-refractivity contribution is -0.127. The lowest BCUT2D eigenvalue weighted by Gasteiger charge is -2.16. The molecule has 0 unspecified atom stereocenters. The lowest BCUT2D eigenvalue weighted by Crippen LogP contribution is -2.35. The Morgan fingerprint density at radius 1 is 1.04 bits per heavy atom. The van der Waals surface area contributed by atoms with Gasteiger partial charge in [0.25, 0.3) is 5.91 Å². The molecule has 0 fully saturated rings. The highest BCUT2D eigenvalue weighted by molar-refractivity contribution is 5.89.